The largest absolute Gasteiger partial charge is 0.469 e. The van der Waals surface area contributed by atoms with Gasteiger partial charge in [-0.05, 0) is 44.7 Å². The Bertz CT molecular complexity index is 630. The molecule has 6 nitrogen and oxygen atoms in total. The van der Waals surface area contributed by atoms with Crippen molar-refractivity contribution in [2.45, 2.75) is 43.6 Å². The number of benzene rings is 1. The first-order chi connectivity index (χ1) is 11.4. The van der Waals surface area contributed by atoms with Crippen molar-refractivity contribution in [1.29, 1.82) is 0 Å². The number of esters is 1. The van der Waals surface area contributed by atoms with Crippen molar-refractivity contribution in [3.8, 4) is 0 Å². The lowest BCUT2D eigenvalue weighted by Crippen LogP contribution is -2.28. The fourth-order valence-corrected chi connectivity index (χ4v) is 3.66. The summed E-state index contributed by atoms with van der Waals surface area (Å²) >= 11 is 0. The summed E-state index contributed by atoms with van der Waals surface area (Å²) < 4.78 is 39.4. The highest BCUT2D eigenvalue weighted by atomic mass is 32.2. The first kappa shape index (κ1) is 18.9. The van der Waals surface area contributed by atoms with Crippen molar-refractivity contribution in [3.05, 3.63) is 29.8 Å². The van der Waals surface area contributed by atoms with Gasteiger partial charge in [0.1, 0.15) is 0 Å². The molecule has 1 fully saturated rings. The molecule has 1 aliphatic carbocycles. The van der Waals surface area contributed by atoms with Crippen LogP contribution in [0.3, 0.4) is 0 Å². The van der Waals surface area contributed by atoms with Crippen molar-refractivity contribution >= 4 is 16.1 Å². The molecule has 1 saturated carbocycles. The standard InChI is InChI=1S/C17H24O6S/c1-13-3-9-16(10-4-13)24(19,20)23-12-11-22-15-7-5-14(6-8-15)17(18)21-2/h3-4,9-10,14-15H,5-8,11-12H2,1-2H3. The highest BCUT2D eigenvalue weighted by molar-refractivity contribution is 7.86. The number of hydrogen-bond donors (Lipinski definition) is 0. The van der Waals surface area contributed by atoms with Crippen molar-refractivity contribution in [2.75, 3.05) is 20.3 Å². The van der Waals surface area contributed by atoms with E-state index in [2.05, 4.69) is 0 Å². The van der Waals surface area contributed by atoms with Crippen LogP contribution in [0, 0.1) is 12.8 Å². The van der Waals surface area contributed by atoms with Crippen LogP contribution in [0.25, 0.3) is 0 Å². The van der Waals surface area contributed by atoms with Crippen molar-refractivity contribution < 1.29 is 26.9 Å². The number of methoxy groups -OCH3 is 1. The highest BCUT2D eigenvalue weighted by Gasteiger charge is 2.27. The molecule has 0 aliphatic heterocycles. The molecule has 0 spiro atoms. The number of carbonyl (C=O) groups is 1. The van der Waals surface area contributed by atoms with Crippen LogP contribution in [0.2, 0.25) is 0 Å². The molecule has 2 rings (SSSR count). The smallest absolute Gasteiger partial charge is 0.308 e. The van der Waals surface area contributed by atoms with E-state index in [4.69, 9.17) is 13.7 Å². The molecule has 0 saturated heterocycles. The van der Waals surface area contributed by atoms with Crippen LogP contribution in [-0.2, 0) is 28.6 Å². The molecule has 0 unspecified atom stereocenters. The summed E-state index contributed by atoms with van der Waals surface area (Å²) in [5.74, 6) is -0.214. The molecular weight excluding hydrogens is 332 g/mol. The van der Waals surface area contributed by atoms with Crippen LogP contribution in [0.15, 0.2) is 29.2 Å². The lowest BCUT2D eigenvalue weighted by Gasteiger charge is -2.26. The predicted octanol–water partition coefficient (Wildman–Crippen LogP) is 2.45. The van der Waals surface area contributed by atoms with E-state index in [1.54, 1.807) is 12.1 Å². The second kappa shape index (κ2) is 8.60. The Labute approximate surface area is 143 Å². The lowest BCUT2D eigenvalue weighted by molar-refractivity contribution is -0.147. The molecule has 7 heteroatoms. The average molecular weight is 356 g/mol. The van der Waals surface area contributed by atoms with Crippen molar-refractivity contribution in [1.82, 2.24) is 0 Å². The molecular formula is C17H24O6S. The monoisotopic (exact) mass is 356 g/mol. The molecule has 0 N–H and O–H groups in total. The van der Waals surface area contributed by atoms with Gasteiger partial charge in [0.25, 0.3) is 10.1 Å². The van der Waals surface area contributed by atoms with Crippen LogP contribution in [0.5, 0.6) is 0 Å². The minimum Gasteiger partial charge on any atom is -0.469 e. The van der Waals surface area contributed by atoms with E-state index in [0.717, 1.165) is 31.2 Å². The Hall–Kier alpha value is -1.44. The van der Waals surface area contributed by atoms with Gasteiger partial charge in [-0.2, -0.15) is 8.42 Å². The molecule has 1 aromatic rings. The SMILES string of the molecule is COC(=O)C1CCC(OCCOS(=O)(=O)c2ccc(C)cc2)CC1. The Morgan fingerprint density at radius 3 is 2.29 bits per heavy atom. The average Bonchev–Trinajstić information content (AvgIpc) is 2.59. The molecule has 1 aromatic carbocycles. The maximum absolute atomic E-state index is 12.0. The third-order valence-corrected chi connectivity index (χ3v) is 5.52. The lowest BCUT2D eigenvalue weighted by atomic mass is 9.87. The number of ether oxygens (including phenoxy) is 2. The fourth-order valence-electron chi connectivity index (χ4n) is 2.76. The summed E-state index contributed by atoms with van der Waals surface area (Å²) in [4.78, 5) is 11.6. The van der Waals surface area contributed by atoms with Gasteiger partial charge in [-0.3, -0.25) is 8.98 Å². The quantitative estimate of drug-likeness (QED) is 0.424. The summed E-state index contributed by atoms with van der Waals surface area (Å²) in [5.41, 5.74) is 0.986. The van der Waals surface area contributed by atoms with E-state index in [1.807, 2.05) is 6.92 Å². The van der Waals surface area contributed by atoms with E-state index in [0.29, 0.717) is 0 Å². The zero-order chi connectivity index (χ0) is 17.6. The molecule has 0 bridgehead atoms. The maximum Gasteiger partial charge on any atom is 0.308 e. The third-order valence-electron chi connectivity index (χ3n) is 4.19. The van der Waals surface area contributed by atoms with Crippen LogP contribution in [-0.4, -0.2) is 40.8 Å². The summed E-state index contributed by atoms with van der Waals surface area (Å²) in [5, 5.41) is 0. The van der Waals surface area contributed by atoms with E-state index in [-0.39, 0.29) is 36.1 Å². The van der Waals surface area contributed by atoms with E-state index in [9.17, 15) is 13.2 Å². The summed E-state index contributed by atoms with van der Waals surface area (Å²) in [6, 6.07) is 6.51. The van der Waals surface area contributed by atoms with Gasteiger partial charge in [-0.1, -0.05) is 17.7 Å². The molecule has 24 heavy (non-hydrogen) atoms. The first-order valence-electron chi connectivity index (χ1n) is 8.08. The minimum absolute atomic E-state index is 0.0207. The van der Waals surface area contributed by atoms with E-state index < -0.39 is 10.1 Å². The number of hydrogen-bond acceptors (Lipinski definition) is 6. The van der Waals surface area contributed by atoms with Crippen LogP contribution in [0.4, 0.5) is 0 Å². The fraction of sp³-hybridized carbons (Fsp3) is 0.588. The molecule has 0 atom stereocenters. The number of aryl methyl sites for hydroxylation is 1. The van der Waals surface area contributed by atoms with Gasteiger partial charge < -0.3 is 9.47 Å². The van der Waals surface area contributed by atoms with Gasteiger partial charge >= 0.3 is 5.97 Å². The van der Waals surface area contributed by atoms with Gasteiger partial charge in [0.05, 0.1) is 37.2 Å². The van der Waals surface area contributed by atoms with Crippen LogP contribution in [0.1, 0.15) is 31.2 Å². The Morgan fingerprint density at radius 1 is 1.08 bits per heavy atom. The number of rotatable bonds is 7. The predicted molar refractivity (Wildman–Crippen MR) is 88.0 cm³/mol. The van der Waals surface area contributed by atoms with Crippen molar-refractivity contribution in [2.24, 2.45) is 5.92 Å². The second-order valence-electron chi connectivity index (χ2n) is 5.96. The zero-order valence-corrected chi connectivity index (χ0v) is 14.9. The normalized spacial score (nSPS) is 21.4. The Balaban J connectivity index is 1.70. The molecule has 134 valence electrons. The Kier molecular flexibility index (Phi) is 6.77. The van der Waals surface area contributed by atoms with E-state index in [1.165, 1.54) is 19.2 Å². The molecule has 0 heterocycles. The van der Waals surface area contributed by atoms with Gasteiger partial charge in [0, 0.05) is 0 Å². The molecule has 0 radical (unpaired) electrons. The number of carbonyl (C=O) groups excluding carboxylic acids is 1. The zero-order valence-electron chi connectivity index (χ0n) is 14.1. The first-order valence-corrected chi connectivity index (χ1v) is 9.48. The minimum atomic E-state index is -3.74. The second-order valence-corrected chi connectivity index (χ2v) is 7.57. The maximum atomic E-state index is 12.0. The highest BCUT2D eigenvalue weighted by Crippen LogP contribution is 2.27. The van der Waals surface area contributed by atoms with Crippen LogP contribution < -0.4 is 0 Å². The Morgan fingerprint density at radius 2 is 1.71 bits per heavy atom. The molecule has 1 aliphatic rings. The van der Waals surface area contributed by atoms with E-state index >= 15 is 0 Å². The van der Waals surface area contributed by atoms with Gasteiger partial charge in [-0.25, -0.2) is 0 Å². The molecule has 0 aromatic heterocycles. The van der Waals surface area contributed by atoms with Crippen molar-refractivity contribution in [3.63, 3.8) is 0 Å². The van der Waals surface area contributed by atoms with Crippen LogP contribution >= 0.6 is 0 Å². The summed E-state index contributed by atoms with van der Waals surface area (Å²) in [7, 11) is -2.35. The summed E-state index contributed by atoms with van der Waals surface area (Å²) in [6.45, 7) is 2.08. The topological polar surface area (TPSA) is 78.9 Å². The van der Waals surface area contributed by atoms with Gasteiger partial charge in [0.2, 0.25) is 0 Å². The summed E-state index contributed by atoms with van der Waals surface area (Å²) in [6.07, 6.45) is 3.05. The molecule has 0 amide bonds. The van der Waals surface area contributed by atoms with Gasteiger partial charge in [0.15, 0.2) is 0 Å². The third kappa shape index (κ3) is 5.29. The van der Waals surface area contributed by atoms with Gasteiger partial charge in [-0.15, -0.1) is 0 Å².